The summed E-state index contributed by atoms with van der Waals surface area (Å²) in [5.74, 6) is -0.115. The lowest BCUT2D eigenvalue weighted by Gasteiger charge is -2.36. The summed E-state index contributed by atoms with van der Waals surface area (Å²) in [6, 6.07) is 21.6. The molecule has 2 aliphatic rings. The number of amides is 2. The molecule has 10 nitrogen and oxygen atoms in total. The van der Waals surface area contributed by atoms with Crippen molar-refractivity contribution in [1.82, 2.24) is 20.2 Å². The molecular weight excluding hydrogens is 518 g/mol. The normalized spacial score (nSPS) is 20.9. The molecule has 3 atom stereocenters. The number of carbonyl (C=O) groups is 2. The maximum atomic E-state index is 13.1. The van der Waals surface area contributed by atoms with Gasteiger partial charge in [-0.25, -0.2) is 9.58 Å². The van der Waals surface area contributed by atoms with Gasteiger partial charge in [-0.1, -0.05) is 60.3 Å². The minimum Gasteiger partial charge on any atom is -0.392 e. The molecule has 0 spiro atoms. The Balaban J connectivity index is 1.28. The van der Waals surface area contributed by atoms with E-state index in [1.54, 1.807) is 54.2 Å². The molecule has 39 heavy (non-hydrogen) atoms. The molecule has 1 N–H and O–H groups in total. The smallest absolute Gasteiger partial charge is 0.266 e. The van der Waals surface area contributed by atoms with Gasteiger partial charge in [0.1, 0.15) is 0 Å². The van der Waals surface area contributed by atoms with Gasteiger partial charge >= 0.3 is 0 Å². The zero-order chi connectivity index (χ0) is 26.9. The lowest BCUT2D eigenvalue weighted by atomic mass is 10.0. The van der Waals surface area contributed by atoms with Crippen LogP contribution in [0.5, 0.6) is 0 Å². The highest BCUT2D eigenvalue weighted by molar-refractivity contribution is 7.99. The van der Waals surface area contributed by atoms with Gasteiger partial charge in [-0.15, -0.1) is 5.10 Å². The highest BCUT2D eigenvalue weighted by Gasteiger charge is 2.37. The highest BCUT2D eigenvalue weighted by Crippen LogP contribution is 2.40. The Morgan fingerprint density at radius 2 is 1.69 bits per heavy atom. The van der Waals surface area contributed by atoms with Crippen molar-refractivity contribution in [3.63, 3.8) is 0 Å². The predicted molar refractivity (Wildman–Crippen MR) is 142 cm³/mol. The summed E-state index contributed by atoms with van der Waals surface area (Å²) in [5, 5.41) is 21.7. The standard InChI is InChI=1S/C28H25N5O5S/c1-32-28(29-30-31-32)39-16-21-14-24(18-11-9-17(15-34)10-12-18)38-27(37-21)19-5-4-6-20(13-19)33-25(35)22-7-2-3-8-23(22)26(33)36/h2-13,21,24,27,34H,14-16H2,1H3/t21-,24+,27+/m0/s1. The lowest BCUT2D eigenvalue weighted by molar-refractivity contribution is -0.245. The topological polar surface area (TPSA) is 120 Å². The number of fused-ring (bicyclic) bond motifs is 1. The number of nitrogens with zero attached hydrogens (tertiary/aromatic N) is 5. The molecule has 0 saturated carbocycles. The van der Waals surface area contributed by atoms with E-state index < -0.39 is 6.29 Å². The number of benzene rings is 3. The minimum absolute atomic E-state index is 0.0346. The molecule has 1 saturated heterocycles. The molecule has 1 fully saturated rings. The molecule has 6 rings (SSSR count). The number of carbonyl (C=O) groups excluding carboxylic acids is 2. The van der Waals surface area contributed by atoms with Crippen LogP contribution in [0.1, 0.15) is 56.2 Å². The van der Waals surface area contributed by atoms with Crippen LogP contribution in [0.3, 0.4) is 0 Å². The van der Waals surface area contributed by atoms with Crippen LogP contribution in [0.4, 0.5) is 5.69 Å². The van der Waals surface area contributed by atoms with Crippen molar-refractivity contribution >= 4 is 29.3 Å². The van der Waals surface area contributed by atoms with E-state index in [1.807, 2.05) is 30.3 Å². The summed E-state index contributed by atoms with van der Waals surface area (Å²) in [5.41, 5.74) is 3.71. The Bertz CT molecular complexity index is 1490. The van der Waals surface area contributed by atoms with E-state index in [9.17, 15) is 14.7 Å². The number of tetrazole rings is 1. The van der Waals surface area contributed by atoms with Crippen LogP contribution < -0.4 is 4.90 Å². The van der Waals surface area contributed by atoms with Gasteiger partial charge in [0.25, 0.3) is 11.8 Å². The molecule has 3 aromatic carbocycles. The number of aliphatic hydroxyl groups is 1. The van der Waals surface area contributed by atoms with Gasteiger partial charge in [0, 0.05) is 24.8 Å². The second-order valence-corrected chi connectivity index (χ2v) is 10.3. The van der Waals surface area contributed by atoms with E-state index in [1.165, 1.54) is 16.7 Å². The van der Waals surface area contributed by atoms with Crippen molar-refractivity contribution < 1.29 is 24.2 Å². The Morgan fingerprint density at radius 1 is 0.949 bits per heavy atom. The molecule has 0 bridgehead atoms. The Hall–Kier alpha value is -3.90. The van der Waals surface area contributed by atoms with E-state index >= 15 is 0 Å². The first-order chi connectivity index (χ1) is 19.0. The number of aromatic nitrogens is 4. The first-order valence-electron chi connectivity index (χ1n) is 12.5. The van der Waals surface area contributed by atoms with Gasteiger partial charge in [0.05, 0.1) is 35.6 Å². The number of aliphatic hydroxyl groups excluding tert-OH is 1. The fourth-order valence-corrected chi connectivity index (χ4v) is 5.64. The lowest BCUT2D eigenvalue weighted by Crippen LogP contribution is -2.32. The zero-order valence-corrected chi connectivity index (χ0v) is 21.8. The fraction of sp³-hybridized carbons (Fsp3) is 0.250. The van der Waals surface area contributed by atoms with Crippen LogP contribution in [0.2, 0.25) is 0 Å². The Kier molecular flexibility index (Phi) is 6.96. The number of ether oxygens (including phenoxy) is 2. The number of anilines is 1. The number of hydrogen-bond acceptors (Lipinski definition) is 9. The van der Waals surface area contributed by atoms with Crippen molar-refractivity contribution in [3.05, 3.63) is 101 Å². The second-order valence-electron chi connectivity index (χ2n) is 9.33. The SMILES string of the molecule is Cn1nnnc1SC[C@@H]1C[C@H](c2ccc(CO)cc2)O[C@H](c2cccc(N3C(=O)c4ccccc4C3=O)c2)O1. The molecule has 0 aliphatic carbocycles. The van der Waals surface area contributed by atoms with Crippen molar-refractivity contribution in [2.24, 2.45) is 7.05 Å². The summed E-state index contributed by atoms with van der Waals surface area (Å²) >= 11 is 1.49. The number of hydrogen-bond donors (Lipinski definition) is 1. The molecule has 0 unspecified atom stereocenters. The van der Waals surface area contributed by atoms with E-state index in [4.69, 9.17) is 9.47 Å². The third-order valence-electron chi connectivity index (χ3n) is 6.79. The maximum absolute atomic E-state index is 13.1. The zero-order valence-electron chi connectivity index (χ0n) is 21.0. The quantitative estimate of drug-likeness (QED) is 0.274. The average Bonchev–Trinajstić information content (AvgIpc) is 3.51. The van der Waals surface area contributed by atoms with Crippen molar-refractivity contribution in [2.75, 3.05) is 10.7 Å². The fourth-order valence-electron chi connectivity index (χ4n) is 4.77. The Labute approximate surface area is 228 Å². The maximum Gasteiger partial charge on any atom is 0.266 e. The van der Waals surface area contributed by atoms with Gasteiger partial charge in [0.2, 0.25) is 5.16 Å². The largest absolute Gasteiger partial charge is 0.392 e. The summed E-state index contributed by atoms with van der Waals surface area (Å²) in [4.78, 5) is 27.3. The molecule has 0 radical (unpaired) electrons. The van der Waals surface area contributed by atoms with E-state index in [0.29, 0.717) is 39.7 Å². The van der Waals surface area contributed by atoms with Gasteiger partial charge < -0.3 is 14.6 Å². The van der Waals surface area contributed by atoms with Crippen LogP contribution in [0.15, 0.2) is 78.0 Å². The van der Waals surface area contributed by atoms with Crippen LogP contribution >= 0.6 is 11.8 Å². The van der Waals surface area contributed by atoms with Gasteiger partial charge in [-0.2, -0.15) is 0 Å². The summed E-state index contributed by atoms with van der Waals surface area (Å²) in [6.45, 7) is -0.0346. The van der Waals surface area contributed by atoms with Gasteiger partial charge in [-0.05, 0) is 45.8 Å². The van der Waals surface area contributed by atoms with E-state index in [-0.39, 0.29) is 30.6 Å². The second kappa shape index (κ2) is 10.7. The van der Waals surface area contributed by atoms with Crippen molar-refractivity contribution in [3.8, 4) is 0 Å². The van der Waals surface area contributed by atoms with Crippen LogP contribution in [0.25, 0.3) is 0 Å². The monoisotopic (exact) mass is 543 g/mol. The first kappa shape index (κ1) is 25.4. The van der Waals surface area contributed by atoms with Crippen LogP contribution in [0, 0.1) is 0 Å². The first-order valence-corrected chi connectivity index (χ1v) is 13.4. The van der Waals surface area contributed by atoms with E-state index in [2.05, 4.69) is 15.5 Å². The van der Waals surface area contributed by atoms with Gasteiger partial charge in [-0.3, -0.25) is 9.59 Å². The summed E-state index contributed by atoms with van der Waals surface area (Å²) < 4.78 is 14.4. The molecule has 198 valence electrons. The van der Waals surface area contributed by atoms with E-state index in [0.717, 1.165) is 11.1 Å². The van der Waals surface area contributed by atoms with Crippen molar-refractivity contribution in [1.29, 1.82) is 0 Å². The molecule has 4 aromatic rings. The summed E-state index contributed by atoms with van der Waals surface area (Å²) in [7, 11) is 1.78. The molecule has 2 aliphatic heterocycles. The number of imide groups is 1. The molecule has 2 amide bonds. The predicted octanol–water partition coefficient (Wildman–Crippen LogP) is 3.84. The number of rotatable bonds is 7. The average molecular weight is 544 g/mol. The molecule has 3 heterocycles. The third kappa shape index (κ3) is 4.97. The molecule has 1 aromatic heterocycles. The minimum atomic E-state index is -0.736. The number of thioether (sulfide) groups is 1. The third-order valence-corrected chi connectivity index (χ3v) is 7.93. The molecular formula is C28H25N5O5S. The summed E-state index contributed by atoms with van der Waals surface area (Å²) in [6.07, 6.45) is -0.607. The van der Waals surface area contributed by atoms with Crippen molar-refractivity contribution in [2.45, 2.75) is 36.7 Å². The Morgan fingerprint density at radius 3 is 2.36 bits per heavy atom. The van der Waals surface area contributed by atoms with Crippen LogP contribution in [-0.2, 0) is 23.1 Å². The number of aryl methyl sites for hydroxylation is 1. The van der Waals surface area contributed by atoms with Crippen LogP contribution in [-0.4, -0.2) is 49.0 Å². The molecule has 11 heteroatoms. The highest BCUT2D eigenvalue weighted by atomic mass is 32.2. The van der Waals surface area contributed by atoms with Gasteiger partial charge in [0.15, 0.2) is 6.29 Å².